The van der Waals surface area contributed by atoms with Gasteiger partial charge in [-0.3, -0.25) is 0 Å². The van der Waals surface area contributed by atoms with Crippen LogP contribution in [0.15, 0.2) is 30.5 Å². The molecule has 1 aliphatic carbocycles. The summed E-state index contributed by atoms with van der Waals surface area (Å²) < 4.78 is 5.21. The van der Waals surface area contributed by atoms with Crippen molar-refractivity contribution >= 4 is 22.5 Å². The predicted octanol–water partition coefficient (Wildman–Crippen LogP) is 2.92. The van der Waals surface area contributed by atoms with Crippen LogP contribution in [-0.2, 0) is 0 Å². The average Bonchev–Trinajstić information content (AvgIpc) is 3.14. The van der Waals surface area contributed by atoms with Crippen molar-refractivity contribution < 1.29 is 9.53 Å². The SMILES string of the molecule is COc1nccc2cc(NC(=O)NC3(C)CC3)ccc12. The molecule has 2 aromatic rings. The summed E-state index contributed by atoms with van der Waals surface area (Å²) in [6.45, 7) is 2.05. The summed E-state index contributed by atoms with van der Waals surface area (Å²) in [6.07, 6.45) is 3.78. The number of methoxy groups -OCH3 is 1. The number of urea groups is 1. The van der Waals surface area contributed by atoms with Crippen molar-refractivity contribution in [2.45, 2.75) is 25.3 Å². The zero-order valence-corrected chi connectivity index (χ0v) is 11.6. The Hall–Kier alpha value is -2.30. The zero-order chi connectivity index (χ0) is 14.2. The third-order valence-electron chi connectivity index (χ3n) is 3.59. The standard InChI is InChI=1S/C15H17N3O2/c1-15(6-7-15)18-14(19)17-11-3-4-12-10(9-11)5-8-16-13(12)20-2/h3-5,8-9H,6-7H2,1-2H3,(H2,17,18,19). The molecule has 0 bridgehead atoms. The quantitative estimate of drug-likeness (QED) is 0.902. The highest BCUT2D eigenvalue weighted by Crippen LogP contribution is 2.34. The summed E-state index contributed by atoms with van der Waals surface area (Å²) in [5.41, 5.74) is 0.737. The molecule has 2 amide bonds. The van der Waals surface area contributed by atoms with Crippen LogP contribution in [-0.4, -0.2) is 23.7 Å². The molecule has 104 valence electrons. The van der Waals surface area contributed by atoms with Gasteiger partial charge in [-0.25, -0.2) is 9.78 Å². The number of anilines is 1. The van der Waals surface area contributed by atoms with E-state index in [1.165, 1.54) is 0 Å². The fraction of sp³-hybridized carbons (Fsp3) is 0.333. The van der Waals surface area contributed by atoms with Gasteiger partial charge in [0.2, 0.25) is 5.88 Å². The van der Waals surface area contributed by atoms with Crippen LogP contribution >= 0.6 is 0 Å². The minimum atomic E-state index is -0.162. The Bertz CT molecular complexity index is 665. The van der Waals surface area contributed by atoms with E-state index in [0.717, 1.165) is 29.3 Å². The van der Waals surface area contributed by atoms with Gasteiger partial charge in [-0.1, -0.05) is 0 Å². The first-order chi connectivity index (χ1) is 9.59. The van der Waals surface area contributed by atoms with Crippen molar-refractivity contribution in [3.05, 3.63) is 30.5 Å². The monoisotopic (exact) mass is 271 g/mol. The molecule has 5 nitrogen and oxygen atoms in total. The molecule has 1 aliphatic rings. The molecule has 20 heavy (non-hydrogen) atoms. The van der Waals surface area contributed by atoms with E-state index in [9.17, 15) is 4.79 Å². The second kappa shape index (κ2) is 4.67. The van der Waals surface area contributed by atoms with E-state index in [2.05, 4.69) is 15.6 Å². The minimum Gasteiger partial charge on any atom is -0.481 e. The van der Waals surface area contributed by atoms with Gasteiger partial charge in [0, 0.05) is 22.8 Å². The Morgan fingerprint density at radius 1 is 1.35 bits per heavy atom. The van der Waals surface area contributed by atoms with E-state index in [-0.39, 0.29) is 11.6 Å². The summed E-state index contributed by atoms with van der Waals surface area (Å²) in [4.78, 5) is 16.0. The van der Waals surface area contributed by atoms with Crippen molar-refractivity contribution in [1.29, 1.82) is 0 Å². The van der Waals surface area contributed by atoms with Gasteiger partial charge in [0.15, 0.2) is 0 Å². The normalized spacial score (nSPS) is 15.7. The van der Waals surface area contributed by atoms with Gasteiger partial charge in [0.25, 0.3) is 0 Å². The fourth-order valence-electron chi connectivity index (χ4n) is 2.14. The molecule has 1 fully saturated rings. The molecular formula is C15H17N3O2. The molecule has 0 aliphatic heterocycles. The number of benzene rings is 1. The Morgan fingerprint density at radius 2 is 2.15 bits per heavy atom. The Kier molecular flexibility index (Phi) is 2.97. The second-order valence-corrected chi connectivity index (χ2v) is 5.40. The first kappa shape index (κ1) is 12.7. The van der Waals surface area contributed by atoms with Crippen LogP contribution in [0.25, 0.3) is 10.8 Å². The van der Waals surface area contributed by atoms with Gasteiger partial charge in [-0.15, -0.1) is 0 Å². The van der Waals surface area contributed by atoms with Gasteiger partial charge in [0.1, 0.15) is 0 Å². The number of rotatable bonds is 3. The van der Waals surface area contributed by atoms with Gasteiger partial charge in [-0.05, 0) is 49.4 Å². The topological polar surface area (TPSA) is 63.2 Å². The molecule has 1 saturated carbocycles. The smallest absolute Gasteiger partial charge is 0.319 e. The Labute approximate surface area is 117 Å². The van der Waals surface area contributed by atoms with Crippen LogP contribution in [0.4, 0.5) is 10.5 Å². The molecule has 0 unspecified atom stereocenters. The largest absolute Gasteiger partial charge is 0.481 e. The lowest BCUT2D eigenvalue weighted by Gasteiger charge is -2.13. The molecule has 2 N–H and O–H groups in total. The highest BCUT2D eigenvalue weighted by molar-refractivity contribution is 5.95. The number of aromatic nitrogens is 1. The number of fused-ring (bicyclic) bond motifs is 1. The van der Waals surface area contributed by atoms with Crippen molar-refractivity contribution in [3.63, 3.8) is 0 Å². The number of nitrogens with zero attached hydrogens (tertiary/aromatic N) is 1. The van der Waals surface area contributed by atoms with Gasteiger partial charge < -0.3 is 15.4 Å². The summed E-state index contributed by atoms with van der Waals surface area (Å²) in [5.74, 6) is 0.587. The van der Waals surface area contributed by atoms with E-state index >= 15 is 0 Å². The lowest BCUT2D eigenvalue weighted by Crippen LogP contribution is -2.37. The van der Waals surface area contributed by atoms with Gasteiger partial charge in [-0.2, -0.15) is 0 Å². The number of carbonyl (C=O) groups is 1. The highest BCUT2D eigenvalue weighted by atomic mass is 16.5. The number of hydrogen-bond donors (Lipinski definition) is 2. The molecule has 0 radical (unpaired) electrons. The number of nitrogens with one attached hydrogen (secondary N) is 2. The van der Waals surface area contributed by atoms with E-state index < -0.39 is 0 Å². The first-order valence-electron chi connectivity index (χ1n) is 6.62. The van der Waals surface area contributed by atoms with Crippen molar-refractivity contribution in [2.75, 3.05) is 12.4 Å². The molecule has 1 aromatic carbocycles. The Morgan fingerprint density at radius 3 is 2.85 bits per heavy atom. The number of carbonyl (C=O) groups excluding carboxylic acids is 1. The summed E-state index contributed by atoms with van der Waals surface area (Å²) in [6, 6.07) is 7.39. The maximum absolute atomic E-state index is 11.9. The van der Waals surface area contributed by atoms with Crippen molar-refractivity contribution in [1.82, 2.24) is 10.3 Å². The maximum atomic E-state index is 11.9. The van der Waals surface area contributed by atoms with Gasteiger partial charge in [0.05, 0.1) is 7.11 Å². The Balaban J connectivity index is 1.80. The molecule has 0 atom stereocenters. The molecular weight excluding hydrogens is 254 g/mol. The van der Waals surface area contributed by atoms with Crippen LogP contribution in [0.3, 0.4) is 0 Å². The molecule has 0 saturated heterocycles. The third kappa shape index (κ3) is 2.52. The lowest BCUT2D eigenvalue weighted by molar-refractivity contribution is 0.248. The summed E-state index contributed by atoms with van der Waals surface area (Å²) >= 11 is 0. The number of ether oxygens (including phenoxy) is 1. The molecule has 3 rings (SSSR count). The zero-order valence-electron chi connectivity index (χ0n) is 11.6. The minimum absolute atomic E-state index is 0.0198. The third-order valence-corrected chi connectivity index (χ3v) is 3.59. The maximum Gasteiger partial charge on any atom is 0.319 e. The average molecular weight is 271 g/mol. The van der Waals surface area contributed by atoms with Gasteiger partial charge >= 0.3 is 6.03 Å². The molecule has 0 spiro atoms. The first-order valence-corrected chi connectivity index (χ1v) is 6.62. The number of amides is 2. The summed E-state index contributed by atoms with van der Waals surface area (Å²) in [7, 11) is 1.59. The van der Waals surface area contributed by atoms with Crippen LogP contribution in [0.1, 0.15) is 19.8 Å². The van der Waals surface area contributed by atoms with Crippen molar-refractivity contribution in [2.24, 2.45) is 0 Å². The molecule has 1 aromatic heterocycles. The van der Waals surface area contributed by atoms with Crippen LogP contribution < -0.4 is 15.4 Å². The number of hydrogen-bond acceptors (Lipinski definition) is 3. The molecule has 1 heterocycles. The predicted molar refractivity (Wildman–Crippen MR) is 78.1 cm³/mol. The fourth-order valence-corrected chi connectivity index (χ4v) is 2.14. The number of pyridine rings is 1. The van der Waals surface area contributed by atoms with Crippen LogP contribution in [0.5, 0.6) is 5.88 Å². The van der Waals surface area contributed by atoms with E-state index in [0.29, 0.717) is 5.88 Å². The molecule has 5 heteroatoms. The second-order valence-electron chi connectivity index (χ2n) is 5.40. The van der Waals surface area contributed by atoms with E-state index in [1.807, 2.05) is 31.2 Å². The van der Waals surface area contributed by atoms with Crippen LogP contribution in [0.2, 0.25) is 0 Å². The highest BCUT2D eigenvalue weighted by Gasteiger charge is 2.38. The van der Waals surface area contributed by atoms with Crippen molar-refractivity contribution in [3.8, 4) is 5.88 Å². The van der Waals surface area contributed by atoms with E-state index in [1.54, 1.807) is 13.3 Å². The summed E-state index contributed by atoms with van der Waals surface area (Å²) in [5, 5.41) is 7.72. The lowest BCUT2D eigenvalue weighted by atomic mass is 10.1. The van der Waals surface area contributed by atoms with Crippen LogP contribution in [0, 0.1) is 0 Å². The van der Waals surface area contributed by atoms with E-state index in [4.69, 9.17) is 4.74 Å².